The summed E-state index contributed by atoms with van der Waals surface area (Å²) in [7, 11) is 0. The van der Waals surface area contributed by atoms with Crippen LogP contribution in [0.3, 0.4) is 0 Å². The SMILES string of the molecule is C=Cc1cnc2ccccc2c1O.NC=O. The van der Waals surface area contributed by atoms with E-state index in [4.69, 9.17) is 4.79 Å². The highest BCUT2D eigenvalue weighted by Gasteiger charge is 2.02. The molecular formula is C12H12N2O2. The van der Waals surface area contributed by atoms with Crippen molar-refractivity contribution in [2.45, 2.75) is 0 Å². The minimum Gasteiger partial charge on any atom is -0.507 e. The van der Waals surface area contributed by atoms with Crippen molar-refractivity contribution in [2.75, 3.05) is 0 Å². The van der Waals surface area contributed by atoms with E-state index in [1.807, 2.05) is 24.3 Å². The number of hydrogen-bond donors (Lipinski definition) is 2. The smallest absolute Gasteiger partial charge is 0.204 e. The number of aromatic nitrogens is 1. The molecule has 0 aliphatic rings. The van der Waals surface area contributed by atoms with Gasteiger partial charge in [0.1, 0.15) is 5.75 Å². The summed E-state index contributed by atoms with van der Waals surface area (Å²) in [5.41, 5.74) is 5.63. The van der Waals surface area contributed by atoms with Crippen molar-refractivity contribution in [1.82, 2.24) is 4.98 Å². The summed E-state index contributed by atoms with van der Waals surface area (Å²) in [6.07, 6.45) is 3.46. The molecule has 2 rings (SSSR count). The second-order valence-electron chi connectivity index (χ2n) is 2.92. The van der Waals surface area contributed by atoms with Crippen LogP contribution in [0.4, 0.5) is 0 Å². The molecule has 0 bridgehead atoms. The lowest BCUT2D eigenvalue weighted by molar-refractivity contribution is -0.106. The van der Waals surface area contributed by atoms with Crippen LogP contribution in [0.5, 0.6) is 5.75 Å². The van der Waals surface area contributed by atoms with E-state index < -0.39 is 0 Å². The average molecular weight is 216 g/mol. The highest BCUT2D eigenvalue weighted by atomic mass is 16.3. The first-order valence-electron chi connectivity index (χ1n) is 4.59. The molecule has 1 amide bonds. The zero-order valence-electron chi connectivity index (χ0n) is 8.63. The van der Waals surface area contributed by atoms with Gasteiger partial charge in [-0.15, -0.1) is 0 Å². The van der Waals surface area contributed by atoms with Crippen LogP contribution in [0.1, 0.15) is 5.56 Å². The molecule has 0 spiro atoms. The summed E-state index contributed by atoms with van der Waals surface area (Å²) < 4.78 is 0. The summed E-state index contributed by atoms with van der Waals surface area (Å²) in [4.78, 5) is 12.8. The second-order valence-corrected chi connectivity index (χ2v) is 2.92. The van der Waals surface area contributed by atoms with Gasteiger partial charge >= 0.3 is 0 Å². The fraction of sp³-hybridized carbons (Fsp3) is 0. The molecule has 0 saturated carbocycles. The number of primary amides is 1. The Morgan fingerprint density at radius 2 is 2.00 bits per heavy atom. The van der Waals surface area contributed by atoms with Gasteiger partial charge in [-0.3, -0.25) is 9.78 Å². The van der Waals surface area contributed by atoms with Crippen LogP contribution in [0, 0.1) is 0 Å². The van der Waals surface area contributed by atoms with Gasteiger partial charge in [0.2, 0.25) is 6.41 Å². The number of amides is 1. The van der Waals surface area contributed by atoms with E-state index in [-0.39, 0.29) is 12.2 Å². The Morgan fingerprint density at radius 3 is 2.62 bits per heavy atom. The monoisotopic (exact) mass is 216 g/mol. The minimum atomic E-state index is 0.250. The number of fused-ring (bicyclic) bond motifs is 1. The Morgan fingerprint density at radius 1 is 1.38 bits per heavy atom. The number of hydrogen-bond acceptors (Lipinski definition) is 3. The summed E-state index contributed by atoms with van der Waals surface area (Å²) in [6.45, 7) is 3.60. The number of nitrogens with zero attached hydrogens (tertiary/aromatic N) is 1. The third kappa shape index (κ3) is 2.36. The molecule has 1 aromatic heterocycles. The van der Waals surface area contributed by atoms with E-state index in [1.54, 1.807) is 12.3 Å². The van der Waals surface area contributed by atoms with Gasteiger partial charge in [-0.2, -0.15) is 0 Å². The van der Waals surface area contributed by atoms with Crippen molar-refractivity contribution in [3.05, 3.63) is 42.6 Å². The van der Waals surface area contributed by atoms with E-state index in [0.29, 0.717) is 5.56 Å². The maximum absolute atomic E-state index is 9.74. The van der Waals surface area contributed by atoms with E-state index in [9.17, 15) is 5.11 Å². The lowest BCUT2D eigenvalue weighted by atomic mass is 10.1. The Labute approximate surface area is 93.0 Å². The van der Waals surface area contributed by atoms with Crippen LogP contribution in [-0.2, 0) is 4.79 Å². The first-order valence-corrected chi connectivity index (χ1v) is 4.59. The van der Waals surface area contributed by atoms with Gasteiger partial charge in [-0.05, 0) is 12.1 Å². The zero-order valence-corrected chi connectivity index (χ0v) is 8.63. The summed E-state index contributed by atoms with van der Waals surface area (Å²) in [5.74, 6) is 0.251. The molecule has 0 atom stereocenters. The largest absolute Gasteiger partial charge is 0.507 e. The Balaban J connectivity index is 0.000000386. The van der Waals surface area contributed by atoms with E-state index in [2.05, 4.69) is 17.3 Å². The van der Waals surface area contributed by atoms with Crippen molar-refractivity contribution in [3.63, 3.8) is 0 Å². The number of aromatic hydroxyl groups is 1. The molecule has 4 nitrogen and oxygen atoms in total. The maximum Gasteiger partial charge on any atom is 0.204 e. The quantitative estimate of drug-likeness (QED) is 0.712. The first kappa shape index (κ1) is 11.7. The normalized spacial score (nSPS) is 9.00. The number of benzene rings is 1. The summed E-state index contributed by atoms with van der Waals surface area (Å²) >= 11 is 0. The highest BCUT2D eigenvalue weighted by molar-refractivity contribution is 5.87. The maximum atomic E-state index is 9.74. The van der Waals surface area contributed by atoms with Crippen molar-refractivity contribution in [2.24, 2.45) is 5.73 Å². The molecule has 0 aliphatic heterocycles. The molecule has 4 heteroatoms. The number of carbonyl (C=O) groups is 1. The van der Waals surface area contributed by atoms with Gasteiger partial charge in [0, 0.05) is 17.1 Å². The standard InChI is InChI=1S/C11H9NO.CH3NO/c1-2-8-7-12-10-6-4-3-5-9(10)11(8)13;2-1-3/h2-7H,1H2,(H,12,13);1H,(H2,2,3). The van der Waals surface area contributed by atoms with Gasteiger partial charge < -0.3 is 10.8 Å². The first-order chi connectivity index (χ1) is 7.74. The molecule has 16 heavy (non-hydrogen) atoms. The van der Waals surface area contributed by atoms with E-state index >= 15 is 0 Å². The molecular weight excluding hydrogens is 204 g/mol. The van der Waals surface area contributed by atoms with Gasteiger partial charge in [0.05, 0.1) is 5.52 Å². The molecule has 3 N–H and O–H groups in total. The van der Waals surface area contributed by atoms with Gasteiger partial charge in [0.15, 0.2) is 0 Å². The van der Waals surface area contributed by atoms with Crippen molar-refractivity contribution >= 4 is 23.4 Å². The second kappa shape index (κ2) is 5.50. The number of para-hydroxylation sites is 1. The van der Waals surface area contributed by atoms with E-state index in [1.165, 1.54) is 0 Å². The fourth-order valence-corrected chi connectivity index (χ4v) is 1.29. The third-order valence-electron chi connectivity index (χ3n) is 2.00. The number of nitrogens with two attached hydrogens (primary N) is 1. The summed E-state index contributed by atoms with van der Waals surface area (Å²) in [5, 5.41) is 10.5. The molecule has 1 heterocycles. The molecule has 1 aromatic carbocycles. The molecule has 0 aliphatic carbocycles. The van der Waals surface area contributed by atoms with Crippen molar-refractivity contribution in [3.8, 4) is 5.75 Å². The predicted molar refractivity (Wildman–Crippen MR) is 63.8 cm³/mol. The highest BCUT2D eigenvalue weighted by Crippen LogP contribution is 2.26. The average Bonchev–Trinajstić information content (AvgIpc) is 2.31. The zero-order chi connectivity index (χ0) is 12.0. The van der Waals surface area contributed by atoms with Crippen LogP contribution in [0.2, 0.25) is 0 Å². The molecule has 0 saturated heterocycles. The van der Waals surface area contributed by atoms with Crippen molar-refractivity contribution < 1.29 is 9.90 Å². The van der Waals surface area contributed by atoms with Crippen LogP contribution in [0.15, 0.2) is 37.0 Å². The van der Waals surface area contributed by atoms with Crippen LogP contribution >= 0.6 is 0 Å². The summed E-state index contributed by atoms with van der Waals surface area (Å²) in [6, 6.07) is 7.46. The Kier molecular flexibility index (Phi) is 4.03. The van der Waals surface area contributed by atoms with Gasteiger partial charge in [-0.1, -0.05) is 24.8 Å². The van der Waals surface area contributed by atoms with Crippen molar-refractivity contribution in [1.29, 1.82) is 0 Å². The molecule has 0 fully saturated rings. The van der Waals surface area contributed by atoms with Gasteiger partial charge in [-0.25, -0.2) is 0 Å². The number of pyridine rings is 1. The van der Waals surface area contributed by atoms with Gasteiger partial charge in [0.25, 0.3) is 0 Å². The lowest BCUT2D eigenvalue weighted by Crippen LogP contribution is -1.82. The fourth-order valence-electron chi connectivity index (χ4n) is 1.29. The lowest BCUT2D eigenvalue weighted by Gasteiger charge is -2.02. The molecule has 0 radical (unpaired) electrons. The molecule has 0 unspecified atom stereocenters. The topological polar surface area (TPSA) is 76.2 Å². The predicted octanol–water partition coefficient (Wildman–Crippen LogP) is 1.68. The van der Waals surface area contributed by atoms with Crippen LogP contribution in [0.25, 0.3) is 17.0 Å². The third-order valence-corrected chi connectivity index (χ3v) is 2.00. The minimum absolute atomic E-state index is 0.250. The van der Waals surface area contributed by atoms with Crippen LogP contribution < -0.4 is 5.73 Å². The number of rotatable bonds is 1. The Bertz CT molecular complexity index is 509. The van der Waals surface area contributed by atoms with Crippen LogP contribution in [-0.4, -0.2) is 16.5 Å². The molecule has 2 aromatic rings. The molecule has 82 valence electrons. The van der Waals surface area contributed by atoms with E-state index in [0.717, 1.165) is 10.9 Å². The number of carbonyl (C=O) groups excluding carboxylic acids is 1. The Hall–Kier alpha value is -2.36.